The first-order chi connectivity index (χ1) is 11.2. The molecule has 3 N–H and O–H groups in total. The smallest absolute Gasteiger partial charge is 0.171 e. The van der Waals surface area contributed by atoms with Crippen molar-refractivity contribution in [3.8, 4) is 0 Å². The molecule has 1 aliphatic rings. The topological polar surface area (TPSA) is 28.5 Å². The molecular formula is C18H24N3S2+. The Labute approximate surface area is 147 Å². The second kappa shape index (κ2) is 7.90. The summed E-state index contributed by atoms with van der Waals surface area (Å²) in [6.45, 7) is 4.76. The highest BCUT2D eigenvalue weighted by Gasteiger charge is 2.33. The number of nitrogens with one attached hydrogen (secondary N) is 3. The highest BCUT2D eigenvalue weighted by molar-refractivity contribution is 7.80. The number of benzene rings is 1. The van der Waals surface area contributed by atoms with Gasteiger partial charge in [-0.25, -0.2) is 0 Å². The maximum Gasteiger partial charge on any atom is 0.171 e. The summed E-state index contributed by atoms with van der Waals surface area (Å²) in [6.07, 6.45) is 2.66. The Morgan fingerprint density at radius 3 is 2.52 bits per heavy atom. The van der Waals surface area contributed by atoms with E-state index in [0.717, 1.165) is 5.69 Å². The molecule has 0 saturated carbocycles. The lowest BCUT2D eigenvalue weighted by molar-refractivity contribution is -0.920. The fraction of sp³-hybridized carbons (Fsp3) is 0.389. The summed E-state index contributed by atoms with van der Waals surface area (Å²) in [5.74, 6) is 0. The molecule has 1 saturated heterocycles. The normalized spacial score (nSPS) is 17.6. The van der Waals surface area contributed by atoms with Crippen molar-refractivity contribution in [3.05, 3.63) is 52.7 Å². The van der Waals surface area contributed by atoms with Gasteiger partial charge in [0.25, 0.3) is 0 Å². The Morgan fingerprint density at radius 2 is 1.87 bits per heavy atom. The van der Waals surface area contributed by atoms with E-state index in [0.29, 0.717) is 17.2 Å². The predicted octanol–water partition coefficient (Wildman–Crippen LogP) is 2.84. The van der Waals surface area contributed by atoms with E-state index in [1.165, 1.54) is 30.8 Å². The lowest BCUT2D eigenvalue weighted by Crippen LogP contribution is -3.11. The molecule has 1 fully saturated rings. The second-order valence-electron chi connectivity index (χ2n) is 6.11. The summed E-state index contributed by atoms with van der Waals surface area (Å²) in [6, 6.07) is 15.3. The minimum Gasteiger partial charge on any atom is -0.354 e. The maximum absolute atomic E-state index is 5.51. The summed E-state index contributed by atoms with van der Waals surface area (Å²) in [4.78, 5) is 3.12. The average Bonchev–Trinajstić information content (AvgIpc) is 3.22. The van der Waals surface area contributed by atoms with Gasteiger partial charge in [0.2, 0.25) is 0 Å². The SMILES string of the molecule is C[C@@H](NC(=S)Nc1ccccc1)[C@H](c1cccs1)[NH+]1CCCC1. The first-order valence-electron chi connectivity index (χ1n) is 8.24. The van der Waals surface area contributed by atoms with E-state index in [1.54, 1.807) is 4.90 Å². The van der Waals surface area contributed by atoms with Gasteiger partial charge >= 0.3 is 0 Å². The van der Waals surface area contributed by atoms with Crippen LogP contribution in [0.25, 0.3) is 0 Å². The molecule has 5 heteroatoms. The van der Waals surface area contributed by atoms with Crippen LogP contribution in [-0.2, 0) is 0 Å². The number of thiophene rings is 1. The number of quaternary nitrogens is 1. The Hall–Kier alpha value is -1.43. The Bertz CT molecular complexity index is 606. The van der Waals surface area contributed by atoms with E-state index < -0.39 is 0 Å². The van der Waals surface area contributed by atoms with Crippen LogP contribution in [-0.4, -0.2) is 24.2 Å². The van der Waals surface area contributed by atoms with Gasteiger partial charge in [-0.1, -0.05) is 24.3 Å². The zero-order chi connectivity index (χ0) is 16.1. The maximum atomic E-state index is 5.51. The largest absolute Gasteiger partial charge is 0.354 e. The van der Waals surface area contributed by atoms with Gasteiger partial charge in [0, 0.05) is 18.5 Å². The van der Waals surface area contributed by atoms with Crippen LogP contribution in [0.4, 0.5) is 5.69 Å². The Kier molecular flexibility index (Phi) is 5.65. The van der Waals surface area contributed by atoms with E-state index in [2.05, 4.69) is 35.1 Å². The van der Waals surface area contributed by atoms with Crippen LogP contribution in [0.1, 0.15) is 30.7 Å². The minimum atomic E-state index is 0.297. The van der Waals surface area contributed by atoms with E-state index >= 15 is 0 Å². The first-order valence-corrected chi connectivity index (χ1v) is 9.53. The molecule has 3 nitrogen and oxygen atoms in total. The van der Waals surface area contributed by atoms with Gasteiger partial charge in [-0.3, -0.25) is 0 Å². The Balaban J connectivity index is 1.66. The molecule has 3 rings (SSSR count). The van der Waals surface area contributed by atoms with Crippen LogP contribution in [0, 0.1) is 0 Å². The molecule has 2 atom stereocenters. The van der Waals surface area contributed by atoms with E-state index in [9.17, 15) is 0 Å². The lowest BCUT2D eigenvalue weighted by Gasteiger charge is -2.30. The zero-order valence-electron chi connectivity index (χ0n) is 13.4. The van der Waals surface area contributed by atoms with Crippen molar-refractivity contribution >= 4 is 34.4 Å². The predicted molar refractivity (Wildman–Crippen MR) is 102 cm³/mol. The van der Waals surface area contributed by atoms with Crippen molar-refractivity contribution < 1.29 is 4.90 Å². The summed E-state index contributed by atoms with van der Waals surface area (Å²) >= 11 is 7.36. The fourth-order valence-corrected chi connectivity index (χ4v) is 4.68. The number of rotatable bonds is 5. The van der Waals surface area contributed by atoms with Gasteiger partial charge in [-0.05, 0) is 42.7 Å². The molecule has 2 heterocycles. The third-order valence-corrected chi connectivity index (χ3v) is 5.60. The molecular weight excluding hydrogens is 322 g/mol. The number of hydrogen-bond donors (Lipinski definition) is 3. The number of anilines is 1. The van der Waals surface area contributed by atoms with Gasteiger partial charge in [0.15, 0.2) is 5.11 Å². The molecule has 0 aliphatic carbocycles. The fourth-order valence-electron chi connectivity index (χ4n) is 3.39. The number of hydrogen-bond acceptors (Lipinski definition) is 2. The molecule has 0 spiro atoms. The monoisotopic (exact) mass is 346 g/mol. The van der Waals surface area contributed by atoms with Crippen molar-refractivity contribution in [2.75, 3.05) is 18.4 Å². The Morgan fingerprint density at radius 1 is 1.13 bits per heavy atom. The van der Waals surface area contributed by atoms with Crippen LogP contribution in [0.5, 0.6) is 0 Å². The molecule has 0 radical (unpaired) electrons. The zero-order valence-corrected chi connectivity index (χ0v) is 15.1. The molecule has 1 aliphatic heterocycles. The molecule has 122 valence electrons. The van der Waals surface area contributed by atoms with Crippen molar-refractivity contribution in [1.82, 2.24) is 5.32 Å². The molecule has 0 bridgehead atoms. The first kappa shape index (κ1) is 16.4. The standard InChI is InChI=1S/C18H23N3S2/c1-14(19-18(22)20-15-8-3-2-4-9-15)17(16-10-7-13-23-16)21-11-5-6-12-21/h2-4,7-10,13-14,17H,5-6,11-12H2,1H3,(H2,19,20,22)/p+1/t14-,17-/m1/s1. The van der Waals surface area contributed by atoms with Gasteiger partial charge < -0.3 is 15.5 Å². The second-order valence-corrected chi connectivity index (χ2v) is 7.50. The number of para-hydroxylation sites is 1. The van der Waals surface area contributed by atoms with E-state index in [1.807, 2.05) is 41.7 Å². The van der Waals surface area contributed by atoms with Gasteiger partial charge in [0.1, 0.15) is 6.04 Å². The third kappa shape index (κ3) is 4.31. The number of thiocarbonyl (C=S) groups is 1. The van der Waals surface area contributed by atoms with Gasteiger partial charge in [0.05, 0.1) is 24.0 Å². The van der Waals surface area contributed by atoms with Crippen molar-refractivity contribution in [2.24, 2.45) is 0 Å². The lowest BCUT2D eigenvalue weighted by atomic mass is 10.1. The summed E-state index contributed by atoms with van der Waals surface area (Å²) in [7, 11) is 0. The molecule has 23 heavy (non-hydrogen) atoms. The molecule has 2 aromatic rings. The van der Waals surface area contributed by atoms with Crippen molar-refractivity contribution in [2.45, 2.75) is 31.8 Å². The van der Waals surface area contributed by atoms with Gasteiger partial charge in [-0.15, -0.1) is 11.3 Å². The van der Waals surface area contributed by atoms with E-state index in [-0.39, 0.29) is 0 Å². The van der Waals surface area contributed by atoms with Crippen molar-refractivity contribution in [1.29, 1.82) is 0 Å². The van der Waals surface area contributed by atoms with Crippen LogP contribution in [0.2, 0.25) is 0 Å². The molecule has 1 aromatic heterocycles. The molecule has 0 amide bonds. The summed E-state index contributed by atoms with van der Waals surface area (Å²) in [5.41, 5.74) is 1.03. The summed E-state index contributed by atoms with van der Waals surface area (Å²) in [5, 5.41) is 9.65. The molecule has 1 aromatic carbocycles. The van der Waals surface area contributed by atoms with Gasteiger partial charge in [-0.2, -0.15) is 0 Å². The highest BCUT2D eigenvalue weighted by atomic mass is 32.1. The third-order valence-electron chi connectivity index (χ3n) is 4.43. The average molecular weight is 347 g/mol. The highest BCUT2D eigenvalue weighted by Crippen LogP contribution is 2.21. The van der Waals surface area contributed by atoms with Crippen molar-refractivity contribution in [3.63, 3.8) is 0 Å². The minimum absolute atomic E-state index is 0.297. The van der Waals surface area contributed by atoms with E-state index in [4.69, 9.17) is 12.2 Å². The van der Waals surface area contributed by atoms with Crippen LogP contribution >= 0.6 is 23.6 Å². The van der Waals surface area contributed by atoms with Crippen LogP contribution in [0.3, 0.4) is 0 Å². The van der Waals surface area contributed by atoms with Crippen LogP contribution < -0.4 is 15.5 Å². The molecule has 0 unspecified atom stereocenters. The van der Waals surface area contributed by atoms with Crippen LogP contribution in [0.15, 0.2) is 47.8 Å². The summed E-state index contributed by atoms with van der Waals surface area (Å²) < 4.78 is 0. The number of likely N-dealkylation sites (tertiary alicyclic amines) is 1. The quantitative estimate of drug-likeness (QED) is 0.727.